The molecule has 0 aromatic heterocycles. The summed E-state index contributed by atoms with van der Waals surface area (Å²) in [4.78, 5) is 0. The van der Waals surface area contributed by atoms with Gasteiger partial charge in [0.05, 0.1) is 5.75 Å². The van der Waals surface area contributed by atoms with E-state index in [2.05, 4.69) is 18.6 Å². The van der Waals surface area contributed by atoms with Crippen LogP contribution in [0.25, 0.3) is 0 Å². The van der Waals surface area contributed by atoms with Gasteiger partial charge in [0.2, 0.25) is 10.0 Å². The molecular weight excluding hydrogens is 198 g/mol. The highest BCUT2D eigenvalue weighted by molar-refractivity contribution is 7.89. The summed E-state index contributed by atoms with van der Waals surface area (Å²) < 4.78 is 26.0. The number of nitrogens with one attached hydrogen (secondary N) is 1. The fourth-order valence-electron chi connectivity index (χ4n) is 4.18. The lowest BCUT2D eigenvalue weighted by Crippen LogP contribution is -2.39. The summed E-state index contributed by atoms with van der Waals surface area (Å²) in [5, 5.41) is 0. The van der Waals surface area contributed by atoms with Gasteiger partial charge >= 0.3 is 0 Å². The molecule has 1 spiro atoms. The van der Waals surface area contributed by atoms with Crippen LogP contribution in [-0.2, 0) is 10.0 Å². The van der Waals surface area contributed by atoms with Gasteiger partial charge in [0.25, 0.3) is 0 Å². The van der Waals surface area contributed by atoms with Gasteiger partial charge in [-0.25, -0.2) is 13.1 Å². The molecule has 0 aromatic carbocycles. The third kappa shape index (κ3) is 0.807. The van der Waals surface area contributed by atoms with Crippen molar-refractivity contribution in [2.24, 2.45) is 16.7 Å². The van der Waals surface area contributed by atoms with Crippen molar-refractivity contribution < 1.29 is 8.42 Å². The summed E-state index contributed by atoms with van der Waals surface area (Å²) >= 11 is 0. The number of rotatable bonds is 0. The zero-order valence-corrected chi connectivity index (χ0v) is 9.52. The van der Waals surface area contributed by atoms with Gasteiger partial charge in [0.15, 0.2) is 0 Å². The topological polar surface area (TPSA) is 46.2 Å². The maximum Gasteiger partial charge on any atom is 0.212 e. The minimum Gasteiger partial charge on any atom is -0.212 e. The molecule has 2 unspecified atom stereocenters. The molecule has 3 aliphatic rings. The van der Waals surface area contributed by atoms with Gasteiger partial charge < -0.3 is 0 Å². The fourth-order valence-corrected chi connectivity index (χ4v) is 6.42. The van der Waals surface area contributed by atoms with Gasteiger partial charge in [-0.15, -0.1) is 0 Å². The molecule has 1 saturated heterocycles. The molecule has 0 aromatic rings. The summed E-state index contributed by atoms with van der Waals surface area (Å²) in [7, 11) is -2.97. The van der Waals surface area contributed by atoms with Crippen molar-refractivity contribution in [2.75, 3.05) is 5.75 Å². The lowest BCUT2D eigenvalue weighted by molar-refractivity contribution is 0.146. The molecule has 2 aliphatic carbocycles. The Hall–Kier alpha value is -0.0900. The molecule has 3 fully saturated rings. The Kier molecular flexibility index (Phi) is 1.43. The van der Waals surface area contributed by atoms with Crippen molar-refractivity contribution in [3.05, 3.63) is 0 Å². The van der Waals surface area contributed by atoms with Crippen LogP contribution in [-0.4, -0.2) is 20.2 Å². The van der Waals surface area contributed by atoms with Gasteiger partial charge in [-0.2, -0.15) is 0 Å². The SMILES string of the molecule is CC1(C)C2CC[C@@]13CS(=O)(=O)NC3C2. The fraction of sp³-hybridized carbons (Fsp3) is 1.00. The molecule has 2 bridgehead atoms. The van der Waals surface area contributed by atoms with Crippen LogP contribution < -0.4 is 4.72 Å². The summed E-state index contributed by atoms with van der Waals surface area (Å²) in [6.07, 6.45) is 3.38. The van der Waals surface area contributed by atoms with Gasteiger partial charge in [0, 0.05) is 11.5 Å². The van der Waals surface area contributed by atoms with Gasteiger partial charge in [-0.05, 0) is 30.6 Å². The predicted octanol–water partition coefficient (Wildman–Crippen LogP) is 1.11. The Morgan fingerprint density at radius 3 is 2.64 bits per heavy atom. The molecule has 3 nitrogen and oxygen atoms in total. The molecule has 2 saturated carbocycles. The Morgan fingerprint density at radius 2 is 2.07 bits per heavy atom. The lowest BCUT2D eigenvalue weighted by Gasteiger charge is -2.36. The normalized spacial score (nSPS) is 52.1. The Balaban J connectivity index is 2.13. The zero-order chi connectivity index (χ0) is 10.2. The van der Waals surface area contributed by atoms with Crippen LogP contribution in [0.15, 0.2) is 0 Å². The van der Waals surface area contributed by atoms with Crippen molar-refractivity contribution in [3.8, 4) is 0 Å². The van der Waals surface area contributed by atoms with Crippen molar-refractivity contribution in [3.63, 3.8) is 0 Å². The first-order valence-corrected chi connectivity index (χ1v) is 7.03. The third-order valence-electron chi connectivity index (χ3n) is 5.20. The van der Waals surface area contributed by atoms with Gasteiger partial charge in [-0.3, -0.25) is 0 Å². The monoisotopic (exact) mass is 215 g/mol. The van der Waals surface area contributed by atoms with Crippen molar-refractivity contribution in [2.45, 2.75) is 39.2 Å². The van der Waals surface area contributed by atoms with E-state index in [1.54, 1.807) is 0 Å². The Bertz CT molecular complexity index is 387. The van der Waals surface area contributed by atoms with Crippen molar-refractivity contribution >= 4 is 10.0 Å². The molecule has 1 heterocycles. The molecule has 1 N–H and O–H groups in total. The predicted molar refractivity (Wildman–Crippen MR) is 54.3 cm³/mol. The highest BCUT2D eigenvalue weighted by Crippen LogP contribution is 2.67. The molecular formula is C10H17NO2S. The van der Waals surface area contributed by atoms with Crippen molar-refractivity contribution in [1.82, 2.24) is 4.72 Å². The van der Waals surface area contributed by atoms with E-state index in [1.807, 2.05) is 0 Å². The Labute approximate surface area is 85.3 Å². The first kappa shape index (κ1) is 9.16. The molecule has 1 aliphatic heterocycles. The van der Waals surface area contributed by atoms with Crippen LogP contribution in [0.1, 0.15) is 33.1 Å². The molecule has 80 valence electrons. The second-order valence-electron chi connectivity index (χ2n) is 5.78. The average Bonchev–Trinajstić information content (AvgIpc) is 2.50. The van der Waals surface area contributed by atoms with E-state index in [0.717, 1.165) is 18.8 Å². The second-order valence-corrected chi connectivity index (χ2v) is 7.53. The van der Waals surface area contributed by atoms with Crippen LogP contribution in [0.2, 0.25) is 0 Å². The zero-order valence-electron chi connectivity index (χ0n) is 8.71. The van der Waals surface area contributed by atoms with Gasteiger partial charge in [0.1, 0.15) is 0 Å². The average molecular weight is 215 g/mol. The summed E-state index contributed by atoms with van der Waals surface area (Å²) in [6.45, 7) is 4.51. The minimum absolute atomic E-state index is 0.0521. The maximum atomic E-state index is 11.6. The maximum absolute atomic E-state index is 11.6. The number of hydrogen-bond donors (Lipinski definition) is 1. The lowest BCUT2D eigenvalue weighted by atomic mass is 9.69. The third-order valence-corrected chi connectivity index (χ3v) is 6.74. The second kappa shape index (κ2) is 2.19. The van der Waals surface area contributed by atoms with Crippen LogP contribution in [0.5, 0.6) is 0 Å². The molecule has 0 amide bonds. The number of hydrogen-bond acceptors (Lipinski definition) is 2. The molecule has 3 atom stereocenters. The standard InChI is InChI=1S/C10H17NO2S/c1-9(2)7-3-4-10(9)6-14(12,13)11-8(10)5-7/h7-8,11H,3-6H2,1-2H3/t7?,8?,10-/m0/s1. The van der Waals surface area contributed by atoms with E-state index in [-0.39, 0.29) is 16.9 Å². The van der Waals surface area contributed by atoms with Crippen molar-refractivity contribution in [1.29, 1.82) is 0 Å². The molecule has 4 heteroatoms. The van der Waals surface area contributed by atoms with E-state index < -0.39 is 10.0 Å². The highest BCUT2D eigenvalue weighted by Gasteiger charge is 2.68. The first-order valence-electron chi connectivity index (χ1n) is 5.37. The Morgan fingerprint density at radius 1 is 1.36 bits per heavy atom. The van der Waals surface area contributed by atoms with Crippen LogP contribution in [0, 0.1) is 16.7 Å². The van der Waals surface area contributed by atoms with Crippen LogP contribution in [0.4, 0.5) is 0 Å². The highest BCUT2D eigenvalue weighted by atomic mass is 32.2. The smallest absolute Gasteiger partial charge is 0.212 e. The van der Waals surface area contributed by atoms with E-state index in [1.165, 1.54) is 6.42 Å². The van der Waals surface area contributed by atoms with Crippen LogP contribution in [0.3, 0.4) is 0 Å². The largest absolute Gasteiger partial charge is 0.212 e. The molecule has 0 radical (unpaired) electrons. The molecule has 3 rings (SSSR count). The summed E-state index contributed by atoms with van der Waals surface area (Å²) in [5.41, 5.74) is 0.269. The molecule has 14 heavy (non-hydrogen) atoms. The quantitative estimate of drug-likeness (QED) is 0.658. The minimum atomic E-state index is -2.97. The summed E-state index contributed by atoms with van der Waals surface area (Å²) in [5.74, 6) is 1.10. The van der Waals surface area contributed by atoms with Gasteiger partial charge in [-0.1, -0.05) is 13.8 Å². The van der Waals surface area contributed by atoms with Crippen LogP contribution >= 0.6 is 0 Å². The summed E-state index contributed by atoms with van der Waals surface area (Å²) in [6, 6.07) is 0.237. The van der Waals surface area contributed by atoms with E-state index in [9.17, 15) is 8.42 Å². The number of sulfonamides is 1. The number of fused-ring (bicyclic) bond motifs is 1. The van der Waals surface area contributed by atoms with E-state index >= 15 is 0 Å². The first-order chi connectivity index (χ1) is 6.37. The van der Waals surface area contributed by atoms with E-state index in [4.69, 9.17) is 0 Å². The van der Waals surface area contributed by atoms with E-state index in [0.29, 0.717) is 5.75 Å².